The Labute approximate surface area is 180 Å². The molecule has 11 nitrogen and oxygen atoms in total. The molecule has 2 aromatic rings. The van der Waals surface area contributed by atoms with Crippen LogP contribution in [0.3, 0.4) is 0 Å². The van der Waals surface area contributed by atoms with Crippen LogP contribution < -0.4 is 16.2 Å². The van der Waals surface area contributed by atoms with E-state index >= 15 is 0 Å². The van der Waals surface area contributed by atoms with Gasteiger partial charge in [0, 0.05) is 34.8 Å². The molecule has 0 atom stereocenters. The van der Waals surface area contributed by atoms with E-state index in [9.17, 15) is 29.3 Å². The minimum atomic E-state index is -0.793. The van der Waals surface area contributed by atoms with Gasteiger partial charge in [-0.2, -0.15) is 0 Å². The Morgan fingerprint density at radius 1 is 0.903 bits per heavy atom. The van der Waals surface area contributed by atoms with Crippen LogP contribution in [0.4, 0.5) is 11.4 Å². The van der Waals surface area contributed by atoms with E-state index < -0.39 is 35.2 Å². The highest BCUT2D eigenvalue weighted by Crippen LogP contribution is 2.15. The van der Waals surface area contributed by atoms with E-state index in [2.05, 4.69) is 16.2 Å². The highest BCUT2D eigenvalue weighted by Gasteiger charge is 2.12. The Morgan fingerprint density at radius 2 is 1.55 bits per heavy atom. The van der Waals surface area contributed by atoms with E-state index in [1.54, 1.807) is 0 Å². The summed E-state index contributed by atoms with van der Waals surface area (Å²) in [5.74, 6) is -2.66. The van der Waals surface area contributed by atoms with Crippen LogP contribution in [0.15, 0.2) is 48.5 Å². The van der Waals surface area contributed by atoms with E-state index in [1.807, 2.05) is 0 Å². The number of hydrazine groups is 1. The number of esters is 1. The SMILES string of the molecule is O=C(COC(=O)CCC(=O)Nc1ccc([N+](=O)[O-])cc1)NNC(=O)c1ccc(Cl)cc1. The highest BCUT2D eigenvalue weighted by atomic mass is 35.5. The molecule has 3 amide bonds. The number of rotatable bonds is 8. The maximum absolute atomic E-state index is 11.8. The lowest BCUT2D eigenvalue weighted by molar-refractivity contribution is -0.384. The van der Waals surface area contributed by atoms with Gasteiger partial charge < -0.3 is 10.1 Å². The van der Waals surface area contributed by atoms with Crippen molar-refractivity contribution in [1.29, 1.82) is 0 Å². The van der Waals surface area contributed by atoms with Crippen molar-refractivity contribution in [3.8, 4) is 0 Å². The molecule has 31 heavy (non-hydrogen) atoms. The average Bonchev–Trinajstić information content (AvgIpc) is 2.75. The molecule has 0 fully saturated rings. The number of nitrogens with one attached hydrogen (secondary N) is 3. The molecule has 0 saturated carbocycles. The standard InChI is InChI=1S/C19H17ClN4O7/c20-13-3-1-12(2-4-13)19(28)23-22-17(26)11-31-18(27)10-9-16(25)21-14-5-7-15(8-6-14)24(29)30/h1-8H,9-11H2,(H,21,25)(H,22,26)(H,23,28). The van der Waals surface area contributed by atoms with Crippen LogP contribution >= 0.6 is 11.6 Å². The number of benzene rings is 2. The fourth-order valence-electron chi connectivity index (χ4n) is 2.16. The first kappa shape index (κ1) is 23.3. The van der Waals surface area contributed by atoms with Gasteiger partial charge in [0.05, 0.1) is 11.3 Å². The smallest absolute Gasteiger partial charge is 0.306 e. The molecule has 0 aliphatic rings. The summed E-state index contributed by atoms with van der Waals surface area (Å²) >= 11 is 5.72. The Bertz CT molecular complexity index is 978. The van der Waals surface area contributed by atoms with Crippen molar-refractivity contribution in [3.05, 3.63) is 69.2 Å². The Balaban J connectivity index is 1.64. The Kier molecular flexibility index (Phi) is 8.46. The maximum Gasteiger partial charge on any atom is 0.306 e. The predicted molar refractivity (Wildman–Crippen MR) is 109 cm³/mol. The summed E-state index contributed by atoms with van der Waals surface area (Å²) in [6, 6.07) is 11.1. The molecule has 0 aromatic heterocycles. The highest BCUT2D eigenvalue weighted by molar-refractivity contribution is 6.30. The molecular weight excluding hydrogens is 432 g/mol. The van der Waals surface area contributed by atoms with Crippen molar-refractivity contribution in [1.82, 2.24) is 10.9 Å². The third kappa shape index (κ3) is 8.11. The van der Waals surface area contributed by atoms with Crippen molar-refractivity contribution in [2.45, 2.75) is 12.8 Å². The molecule has 0 spiro atoms. The number of nitrogens with zero attached hydrogens (tertiary/aromatic N) is 1. The minimum Gasteiger partial charge on any atom is -0.455 e. The van der Waals surface area contributed by atoms with E-state index in [0.29, 0.717) is 10.7 Å². The minimum absolute atomic E-state index is 0.121. The first-order valence-corrected chi connectivity index (χ1v) is 9.17. The molecule has 2 rings (SSSR count). The average molecular weight is 449 g/mol. The van der Waals surface area contributed by atoms with Gasteiger partial charge in [0.1, 0.15) is 0 Å². The number of amides is 3. The number of non-ortho nitro benzene ring substituents is 1. The number of nitro benzene ring substituents is 1. The van der Waals surface area contributed by atoms with Gasteiger partial charge in [-0.25, -0.2) is 0 Å². The fourth-order valence-corrected chi connectivity index (χ4v) is 2.29. The second-order valence-corrected chi connectivity index (χ2v) is 6.46. The summed E-state index contributed by atoms with van der Waals surface area (Å²) in [6.45, 7) is -0.649. The molecule has 0 saturated heterocycles. The van der Waals surface area contributed by atoms with Gasteiger partial charge in [-0.15, -0.1) is 0 Å². The molecular formula is C19H17ClN4O7. The molecule has 0 aliphatic carbocycles. The van der Waals surface area contributed by atoms with Gasteiger partial charge >= 0.3 is 5.97 Å². The Hall–Kier alpha value is -3.99. The molecule has 0 unspecified atom stereocenters. The lowest BCUT2D eigenvalue weighted by atomic mass is 10.2. The van der Waals surface area contributed by atoms with Crippen LogP contribution in [-0.2, 0) is 19.1 Å². The van der Waals surface area contributed by atoms with Gasteiger partial charge in [0.15, 0.2) is 6.61 Å². The Morgan fingerprint density at radius 3 is 2.16 bits per heavy atom. The zero-order valence-electron chi connectivity index (χ0n) is 15.9. The van der Waals surface area contributed by atoms with Crippen LogP contribution in [0.5, 0.6) is 0 Å². The predicted octanol–water partition coefficient (Wildman–Crippen LogP) is 1.97. The number of carbonyl (C=O) groups is 4. The molecule has 3 N–H and O–H groups in total. The first-order valence-electron chi connectivity index (χ1n) is 8.79. The van der Waals surface area contributed by atoms with Crippen LogP contribution in [0.25, 0.3) is 0 Å². The van der Waals surface area contributed by atoms with E-state index in [4.69, 9.17) is 16.3 Å². The van der Waals surface area contributed by atoms with Gasteiger partial charge in [0.2, 0.25) is 5.91 Å². The second-order valence-electron chi connectivity index (χ2n) is 6.02. The lowest BCUT2D eigenvalue weighted by Gasteiger charge is -2.08. The largest absolute Gasteiger partial charge is 0.455 e. The van der Waals surface area contributed by atoms with E-state index in [0.717, 1.165) is 0 Å². The molecule has 0 bridgehead atoms. The second kappa shape index (κ2) is 11.3. The number of hydrogen-bond acceptors (Lipinski definition) is 7. The van der Waals surface area contributed by atoms with E-state index in [-0.39, 0.29) is 24.1 Å². The molecule has 2 aromatic carbocycles. The number of carbonyl (C=O) groups excluding carboxylic acids is 4. The first-order chi connectivity index (χ1) is 14.7. The third-order valence-electron chi connectivity index (χ3n) is 3.70. The molecule has 162 valence electrons. The summed E-state index contributed by atoms with van der Waals surface area (Å²) in [7, 11) is 0. The van der Waals surface area contributed by atoms with Crippen molar-refractivity contribution < 1.29 is 28.8 Å². The zero-order valence-corrected chi connectivity index (χ0v) is 16.7. The quantitative estimate of drug-likeness (QED) is 0.316. The van der Waals surface area contributed by atoms with Crippen molar-refractivity contribution in [2.75, 3.05) is 11.9 Å². The molecule has 0 radical (unpaired) electrons. The van der Waals surface area contributed by atoms with Crippen molar-refractivity contribution >= 4 is 46.7 Å². The lowest BCUT2D eigenvalue weighted by Crippen LogP contribution is -2.43. The summed E-state index contributed by atoms with van der Waals surface area (Å²) in [4.78, 5) is 57.0. The number of anilines is 1. The van der Waals surface area contributed by atoms with Crippen LogP contribution in [0.2, 0.25) is 5.02 Å². The summed E-state index contributed by atoms with van der Waals surface area (Å²) in [5, 5.41) is 13.5. The normalized spacial score (nSPS) is 9.97. The number of halogens is 1. The number of nitro groups is 1. The van der Waals surface area contributed by atoms with E-state index in [1.165, 1.54) is 48.5 Å². The summed E-state index contributed by atoms with van der Waals surface area (Å²) in [6.07, 6.45) is -0.506. The van der Waals surface area contributed by atoms with Crippen molar-refractivity contribution in [3.63, 3.8) is 0 Å². The van der Waals surface area contributed by atoms with Crippen LogP contribution in [0.1, 0.15) is 23.2 Å². The molecule has 0 aliphatic heterocycles. The molecule has 12 heteroatoms. The van der Waals surface area contributed by atoms with Gasteiger partial charge in [-0.1, -0.05) is 11.6 Å². The third-order valence-corrected chi connectivity index (χ3v) is 3.96. The number of hydrogen-bond donors (Lipinski definition) is 3. The maximum atomic E-state index is 11.8. The van der Waals surface area contributed by atoms with Gasteiger partial charge in [0.25, 0.3) is 17.5 Å². The topological polar surface area (TPSA) is 157 Å². The zero-order chi connectivity index (χ0) is 22.8. The summed E-state index contributed by atoms with van der Waals surface area (Å²) < 4.78 is 4.73. The van der Waals surface area contributed by atoms with Crippen LogP contribution in [-0.4, -0.2) is 35.2 Å². The van der Waals surface area contributed by atoms with Crippen LogP contribution in [0, 0.1) is 10.1 Å². The fraction of sp³-hybridized carbons (Fsp3) is 0.158. The monoisotopic (exact) mass is 448 g/mol. The van der Waals surface area contributed by atoms with Gasteiger partial charge in [-0.05, 0) is 36.4 Å². The van der Waals surface area contributed by atoms with Crippen molar-refractivity contribution in [2.24, 2.45) is 0 Å². The molecule has 0 heterocycles. The number of ether oxygens (including phenoxy) is 1. The van der Waals surface area contributed by atoms with Gasteiger partial charge in [-0.3, -0.25) is 40.1 Å². The summed E-state index contributed by atoms with van der Waals surface area (Å²) in [5.41, 5.74) is 4.71.